The lowest BCUT2D eigenvalue weighted by molar-refractivity contribution is 0.183. The third-order valence-corrected chi connectivity index (χ3v) is 5.35. The van der Waals surface area contributed by atoms with Crippen molar-refractivity contribution in [2.45, 2.75) is 44.1 Å². The van der Waals surface area contributed by atoms with E-state index in [1.54, 1.807) is 0 Å². The van der Waals surface area contributed by atoms with Crippen LogP contribution in [0.25, 0.3) is 0 Å². The average molecular weight is 248 g/mol. The summed E-state index contributed by atoms with van der Waals surface area (Å²) in [4.78, 5) is 0. The molecule has 0 atom stereocenters. The normalized spacial score (nSPS) is 26.3. The predicted octanol–water partition coefficient (Wildman–Crippen LogP) is 0.222. The second-order valence-corrected chi connectivity index (χ2v) is 6.53. The Balaban J connectivity index is 2.06. The zero-order valence-corrected chi connectivity index (χ0v) is 10.3. The number of hydrogen-bond donors (Lipinski definition) is 2. The highest BCUT2D eigenvalue weighted by atomic mass is 32.2. The standard InChI is InChI=1S/C10H20N2O3S/c13-9-10(5-1-2-6-10)11-16(14,15)12-7-3-4-8-12/h11,13H,1-9H2. The zero-order valence-electron chi connectivity index (χ0n) is 9.48. The maximum atomic E-state index is 12.1. The van der Waals surface area contributed by atoms with E-state index in [9.17, 15) is 13.5 Å². The second-order valence-electron chi connectivity index (χ2n) is 4.86. The molecule has 0 bridgehead atoms. The molecule has 1 saturated carbocycles. The second kappa shape index (κ2) is 4.60. The molecule has 16 heavy (non-hydrogen) atoms. The van der Waals surface area contributed by atoms with Crippen LogP contribution >= 0.6 is 0 Å². The molecule has 0 aromatic heterocycles. The van der Waals surface area contributed by atoms with E-state index in [1.807, 2.05) is 0 Å². The maximum absolute atomic E-state index is 12.1. The molecule has 0 aromatic rings. The Morgan fingerprint density at radius 1 is 1.12 bits per heavy atom. The number of rotatable bonds is 4. The molecule has 5 nitrogen and oxygen atoms in total. The number of aliphatic hydroxyl groups excluding tert-OH is 1. The molecule has 0 amide bonds. The molecule has 2 fully saturated rings. The van der Waals surface area contributed by atoms with Crippen LogP contribution in [-0.2, 0) is 10.2 Å². The number of hydrogen-bond acceptors (Lipinski definition) is 3. The van der Waals surface area contributed by atoms with Crippen molar-refractivity contribution in [1.29, 1.82) is 0 Å². The lowest BCUT2D eigenvalue weighted by Gasteiger charge is -2.30. The van der Waals surface area contributed by atoms with Gasteiger partial charge >= 0.3 is 0 Å². The lowest BCUT2D eigenvalue weighted by atomic mass is 10.0. The molecule has 2 N–H and O–H groups in total. The largest absolute Gasteiger partial charge is 0.394 e. The Kier molecular flexibility index (Phi) is 3.53. The Hall–Kier alpha value is -0.170. The molecule has 1 aliphatic carbocycles. The predicted molar refractivity (Wildman–Crippen MR) is 61.1 cm³/mol. The van der Waals surface area contributed by atoms with Crippen LogP contribution in [0.1, 0.15) is 38.5 Å². The summed E-state index contributed by atoms with van der Waals surface area (Å²) in [7, 11) is -3.39. The van der Waals surface area contributed by atoms with E-state index in [4.69, 9.17) is 0 Å². The summed E-state index contributed by atoms with van der Waals surface area (Å²) in [5, 5.41) is 9.38. The van der Waals surface area contributed by atoms with Crippen LogP contribution in [-0.4, -0.2) is 43.1 Å². The van der Waals surface area contributed by atoms with Gasteiger partial charge in [0.1, 0.15) is 0 Å². The fourth-order valence-corrected chi connectivity index (χ4v) is 4.29. The van der Waals surface area contributed by atoms with E-state index in [1.165, 1.54) is 4.31 Å². The van der Waals surface area contributed by atoms with Gasteiger partial charge in [-0.25, -0.2) is 0 Å². The van der Waals surface area contributed by atoms with Crippen molar-refractivity contribution in [2.75, 3.05) is 19.7 Å². The van der Waals surface area contributed by atoms with Gasteiger partial charge in [-0.05, 0) is 25.7 Å². The topological polar surface area (TPSA) is 69.6 Å². The van der Waals surface area contributed by atoms with Crippen LogP contribution < -0.4 is 4.72 Å². The quantitative estimate of drug-likeness (QED) is 0.748. The minimum Gasteiger partial charge on any atom is -0.394 e. The first kappa shape index (κ1) is 12.3. The highest BCUT2D eigenvalue weighted by Crippen LogP contribution is 2.30. The molecular weight excluding hydrogens is 228 g/mol. The van der Waals surface area contributed by atoms with Crippen molar-refractivity contribution in [2.24, 2.45) is 0 Å². The molecule has 0 spiro atoms. The van der Waals surface area contributed by atoms with E-state index in [2.05, 4.69) is 4.72 Å². The first-order chi connectivity index (χ1) is 7.58. The van der Waals surface area contributed by atoms with Gasteiger partial charge in [0.05, 0.1) is 12.1 Å². The SMILES string of the molecule is O=S(=O)(NC1(CO)CCCC1)N1CCCC1. The van der Waals surface area contributed by atoms with E-state index in [0.717, 1.165) is 38.5 Å². The number of aliphatic hydroxyl groups is 1. The molecule has 2 rings (SSSR count). The van der Waals surface area contributed by atoms with Gasteiger partial charge in [0.2, 0.25) is 0 Å². The van der Waals surface area contributed by atoms with Gasteiger partial charge in [-0.1, -0.05) is 12.8 Å². The Labute approximate surface area is 97.0 Å². The van der Waals surface area contributed by atoms with Gasteiger partial charge in [0, 0.05) is 13.1 Å². The highest BCUT2D eigenvalue weighted by Gasteiger charge is 2.39. The lowest BCUT2D eigenvalue weighted by Crippen LogP contribution is -2.53. The minimum atomic E-state index is -3.39. The van der Waals surface area contributed by atoms with Gasteiger partial charge in [-0.15, -0.1) is 0 Å². The van der Waals surface area contributed by atoms with Crippen molar-refractivity contribution >= 4 is 10.2 Å². The van der Waals surface area contributed by atoms with Gasteiger partial charge in [0.25, 0.3) is 10.2 Å². The summed E-state index contributed by atoms with van der Waals surface area (Å²) in [6.07, 6.45) is 5.35. The third kappa shape index (κ3) is 2.40. The first-order valence-corrected chi connectivity index (χ1v) is 7.42. The van der Waals surface area contributed by atoms with Crippen LogP contribution in [0.3, 0.4) is 0 Å². The van der Waals surface area contributed by atoms with Crippen LogP contribution in [0.2, 0.25) is 0 Å². The molecule has 1 saturated heterocycles. The van der Waals surface area contributed by atoms with Crippen molar-refractivity contribution in [3.63, 3.8) is 0 Å². The third-order valence-electron chi connectivity index (χ3n) is 3.61. The van der Waals surface area contributed by atoms with Crippen LogP contribution in [0.4, 0.5) is 0 Å². The fraction of sp³-hybridized carbons (Fsp3) is 1.00. The Morgan fingerprint density at radius 2 is 1.69 bits per heavy atom. The Morgan fingerprint density at radius 3 is 2.19 bits per heavy atom. The molecule has 1 heterocycles. The number of nitrogens with one attached hydrogen (secondary N) is 1. The molecule has 0 aromatic carbocycles. The van der Waals surface area contributed by atoms with Crippen molar-refractivity contribution in [3.05, 3.63) is 0 Å². The highest BCUT2D eigenvalue weighted by molar-refractivity contribution is 7.87. The van der Waals surface area contributed by atoms with E-state index >= 15 is 0 Å². The molecule has 2 aliphatic rings. The van der Waals surface area contributed by atoms with Crippen molar-refractivity contribution in [3.8, 4) is 0 Å². The van der Waals surface area contributed by atoms with E-state index in [-0.39, 0.29) is 6.61 Å². The van der Waals surface area contributed by atoms with Gasteiger partial charge in [0.15, 0.2) is 0 Å². The van der Waals surface area contributed by atoms with Crippen LogP contribution in [0.5, 0.6) is 0 Å². The summed E-state index contributed by atoms with van der Waals surface area (Å²) >= 11 is 0. The fourth-order valence-electron chi connectivity index (χ4n) is 2.61. The minimum absolute atomic E-state index is 0.0972. The van der Waals surface area contributed by atoms with E-state index < -0.39 is 15.7 Å². The summed E-state index contributed by atoms with van der Waals surface area (Å²) in [6.45, 7) is 1.12. The zero-order chi connectivity index (χ0) is 11.6. The average Bonchev–Trinajstić information content (AvgIpc) is 2.87. The summed E-state index contributed by atoms with van der Waals surface area (Å²) in [6, 6.07) is 0. The first-order valence-electron chi connectivity index (χ1n) is 5.98. The Bertz CT molecular complexity index is 330. The van der Waals surface area contributed by atoms with Crippen molar-refractivity contribution in [1.82, 2.24) is 9.03 Å². The molecular formula is C10H20N2O3S. The molecule has 0 unspecified atom stereocenters. The molecule has 0 radical (unpaired) electrons. The van der Waals surface area contributed by atoms with Gasteiger partial charge in [-0.2, -0.15) is 17.4 Å². The summed E-state index contributed by atoms with van der Waals surface area (Å²) in [5.41, 5.74) is -0.596. The summed E-state index contributed by atoms with van der Waals surface area (Å²) in [5.74, 6) is 0. The monoisotopic (exact) mass is 248 g/mol. The van der Waals surface area contributed by atoms with Gasteiger partial charge in [-0.3, -0.25) is 0 Å². The maximum Gasteiger partial charge on any atom is 0.280 e. The van der Waals surface area contributed by atoms with Crippen LogP contribution in [0.15, 0.2) is 0 Å². The van der Waals surface area contributed by atoms with Crippen molar-refractivity contribution < 1.29 is 13.5 Å². The smallest absolute Gasteiger partial charge is 0.280 e. The summed E-state index contributed by atoms with van der Waals surface area (Å²) < 4.78 is 28.3. The molecule has 1 aliphatic heterocycles. The van der Waals surface area contributed by atoms with E-state index in [0.29, 0.717) is 13.1 Å². The molecule has 94 valence electrons. The van der Waals surface area contributed by atoms with Crippen LogP contribution in [0, 0.1) is 0 Å². The number of nitrogens with zero attached hydrogens (tertiary/aromatic N) is 1. The van der Waals surface area contributed by atoms with Gasteiger partial charge < -0.3 is 5.11 Å². The molecule has 6 heteroatoms.